The summed E-state index contributed by atoms with van der Waals surface area (Å²) in [5, 5.41) is 18.2. The van der Waals surface area contributed by atoms with E-state index in [0.717, 1.165) is 10.8 Å². The molecule has 0 unspecified atom stereocenters. The Hall–Kier alpha value is -1.74. The Morgan fingerprint density at radius 3 is 2.13 bits per heavy atom. The van der Waals surface area contributed by atoms with Crippen molar-refractivity contribution in [2.45, 2.75) is 0 Å². The van der Waals surface area contributed by atoms with Crippen LogP contribution in [0.25, 0.3) is 10.8 Å². The maximum Gasteiger partial charge on any atom is 0.290 e. The summed E-state index contributed by atoms with van der Waals surface area (Å²) < 4.78 is 0. The number of hydrogen-bond donors (Lipinski definition) is 2. The molecule has 0 aliphatic carbocycles. The standard InChI is InChI=1S/C10H8O.CH2O2.ClH/c11-10-7-3-5-8-4-1-2-6-9(8)10;2-1-3;/h1-7,11H;1H,(H,2,3);1H. The molecular weight excluding hydrogens is 216 g/mol. The van der Waals surface area contributed by atoms with Crippen LogP contribution in [-0.4, -0.2) is 16.7 Å². The second-order valence-electron chi connectivity index (χ2n) is 2.60. The average molecular weight is 227 g/mol. The minimum absolute atomic E-state index is 0. The van der Waals surface area contributed by atoms with Crippen molar-refractivity contribution in [2.24, 2.45) is 0 Å². The van der Waals surface area contributed by atoms with Crippen LogP contribution in [0.4, 0.5) is 0 Å². The fourth-order valence-electron chi connectivity index (χ4n) is 1.21. The molecule has 0 fully saturated rings. The van der Waals surface area contributed by atoms with Gasteiger partial charge in [0.15, 0.2) is 0 Å². The van der Waals surface area contributed by atoms with Gasteiger partial charge in [0.2, 0.25) is 0 Å². The Bertz CT molecular complexity index is 424. The molecule has 3 nitrogen and oxygen atoms in total. The smallest absolute Gasteiger partial charge is 0.290 e. The van der Waals surface area contributed by atoms with Crippen molar-refractivity contribution in [1.82, 2.24) is 0 Å². The van der Waals surface area contributed by atoms with Gasteiger partial charge < -0.3 is 10.2 Å². The lowest BCUT2D eigenvalue weighted by Crippen LogP contribution is -1.70. The van der Waals surface area contributed by atoms with Crippen LogP contribution in [0.1, 0.15) is 0 Å². The van der Waals surface area contributed by atoms with Gasteiger partial charge in [0.05, 0.1) is 0 Å². The average Bonchev–Trinajstić information content (AvgIpc) is 2.20. The van der Waals surface area contributed by atoms with E-state index in [2.05, 4.69) is 0 Å². The van der Waals surface area contributed by atoms with E-state index in [1.165, 1.54) is 0 Å². The summed E-state index contributed by atoms with van der Waals surface area (Å²) in [6.07, 6.45) is 0. The number of hydrogen-bond acceptors (Lipinski definition) is 2. The lowest BCUT2D eigenvalue weighted by molar-refractivity contribution is -0.122. The first kappa shape index (κ1) is 13.3. The Labute approximate surface area is 93.4 Å². The molecule has 0 heterocycles. The minimum Gasteiger partial charge on any atom is -0.507 e. The van der Waals surface area contributed by atoms with Crippen LogP contribution in [0.2, 0.25) is 0 Å². The first-order valence-corrected chi connectivity index (χ1v) is 4.04. The normalized spacial score (nSPS) is 8.27. The zero-order chi connectivity index (χ0) is 10.4. The van der Waals surface area contributed by atoms with Crippen LogP contribution in [-0.2, 0) is 4.79 Å². The van der Waals surface area contributed by atoms with E-state index < -0.39 is 0 Å². The number of benzene rings is 2. The topological polar surface area (TPSA) is 57.5 Å². The molecule has 0 spiro atoms. The molecule has 0 radical (unpaired) electrons. The van der Waals surface area contributed by atoms with Gasteiger partial charge in [-0.1, -0.05) is 36.4 Å². The molecule has 2 aromatic carbocycles. The molecule has 2 rings (SSSR count). The first-order chi connectivity index (χ1) is 6.79. The van der Waals surface area contributed by atoms with Crippen molar-refractivity contribution in [1.29, 1.82) is 0 Å². The van der Waals surface area contributed by atoms with Gasteiger partial charge in [0.25, 0.3) is 6.47 Å². The summed E-state index contributed by atoms with van der Waals surface area (Å²) in [6, 6.07) is 13.3. The number of fused-ring (bicyclic) bond motifs is 1. The lowest BCUT2D eigenvalue weighted by atomic mass is 10.1. The Morgan fingerprint density at radius 1 is 1.00 bits per heavy atom. The van der Waals surface area contributed by atoms with Gasteiger partial charge in [-0.05, 0) is 11.5 Å². The van der Waals surface area contributed by atoms with Gasteiger partial charge in [-0.15, -0.1) is 12.4 Å². The van der Waals surface area contributed by atoms with E-state index in [1.807, 2.05) is 36.4 Å². The maximum atomic E-state index is 9.37. The molecule has 0 aromatic heterocycles. The van der Waals surface area contributed by atoms with Crippen LogP contribution >= 0.6 is 12.4 Å². The van der Waals surface area contributed by atoms with Crippen molar-refractivity contribution in [3.8, 4) is 5.75 Å². The summed E-state index contributed by atoms with van der Waals surface area (Å²) in [4.78, 5) is 8.36. The number of aromatic hydroxyl groups is 1. The van der Waals surface area contributed by atoms with Gasteiger partial charge >= 0.3 is 0 Å². The van der Waals surface area contributed by atoms with Gasteiger partial charge in [-0.2, -0.15) is 0 Å². The second kappa shape index (κ2) is 6.68. The highest BCUT2D eigenvalue weighted by molar-refractivity contribution is 5.87. The third-order valence-electron chi connectivity index (χ3n) is 1.77. The Balaban J connectivity index is 0.000000443. The highest BCUT2D eigenvalue weighted by Gasteiger charge is 1.94. The van der Waals surface area contributed by atoms with Crippen LogP contribution in [0.5, 0.6) is 5.75 Å². The van der Waals surface area contributed by atoms with Gasteiger partial charge in [0.1, 0.15) is 5.75 Å². The van der Waals surface area contributed by atoms with Crippen LogP contribution < -0.4 is 0 Å². The Kier molecular flexibility index (Phi) is 5.90. The van der Waals surface area contributed by atoms with Crippen LogP contribution in [0, 0.1) is 0 Å². The van der Waals surface area contributed by atoms with Crippen molar-refractivity contribution in [3.05, 3.63) is 42.5 Å². The molecule has 0 aliphatic heterocycles. The largest absolute Gasteiger partial charge is 0.507 e. The first-order valence-electron chi connectivity index (χ1n) is 4.04. The number of phenols is 1. The van der Waals surface area contributed by atoms with Gasteiger partial charge in [-0.3, -0.25) is 4.79 Å². The Morgan fingerprint density at radius 2 is 1.53 bits per heavy atom. The molecule has 0 amide bonds. The van der Waals surface area contributed by atoms with E-state index >= 15 is 0 Å². The number of phenolic OH excluding ortho intramolecular Hbond substituents is 1. The predicted molar refractivity (Wildman–Crippen MR) is 61.6 cm³/mol. The molecule has 0 bridgehead atoms. The molecule has 15 heavy (non-hydrogen) atoms. The number of carbonyl (C=O) groups is 1. The quantitative estimate of drug-likeness (QED) is 0.679. The molecule has 0 saturated heterocycles. The van der Waals surface area contributed by atoms with Crippen molar-refractivity contribution >= 4 is 29.7 Å². The summed E-state index contributed by atoms with van der Waals surface area (Å²) in [5.74, 6) is 0.350. The molecule has 2 N–H and O–H groups in total. The molecule has 4 heteroatoms. The molecule has 0 aliphatic rings. The zero-order valence-corrected chi connectivity index (χ0v) is 8.65. The van der Waals surface area contributed by atoms with E-state index in [-0.39, 0.29) is 18.9 Å². The molecular formula is C11H11ClO3. The highest BCUT2D eigenvalue weighted by atomic mass is 35.5. The van der Waals surface area contributed by atoms with E-state index in [4.69, 9.17) is 9.90 Å². The van der Waals surface area contributed by atoms with Crippen molar-refractivity contribution in [2.75, 3.05) is 0 Å². The van der Waals surface area contributed by atoms with Crippen molar-refractivity contribution < 1.29 is 15.0 Å². The second-order valence-corrected chi connectivity index (χ2v) is 2.60. The van der Waals surface area contributed by atoms with E-state index in [1.54, 1.807) is 6.07 Å². The SMILES string of the molecule is Cl.O=CO.Oc1cccc2ccccc12. The third kappa shape index (κ3) is 3.48. The van der Waals surface area contributed by atoms with E-state index in [9.17, 15) is 5.11 Å². The number of rotatable bonds is 0. The van der Waals surface area contributed by atoms with Gasteiger partial charge in [0, 0.05) is 5.39 Å². The molecule has 0 saturated carbocycles. The third-order valence-corrected chi connectivity index (χ3v) is 1.77. The number of carboxylic acid groups (broad SMARTS) is 1. The highest BCUT2D eigenvalue weighted by Crippen LogP contribution is 2.22. The fourth-order valence-corrected chi connectivity index (χ4v) is 1.21. The van der Waals surface area contributed by atoms with E-state index in [0.29, 0.717) is 5.75 Å². The monoisotopic (exact) mass is 226 g/mol. The summed E-state index contributed by atoms with van der Waals surface area (Å²) in [6.45, 7) is -0.250. The summed E-state index contributed by atoms with van der Waals surface area (Å²) in [7, 11) is 0. The maximum absolute atomic E-state index is 9.37. The summed E-state index contributed by atoms with van der Waals surface area (Å²) in [5.41, 5.74) is 0. The lowest BCUT2D eigenvalue weighted by Gasteiger charge is -1.97. The van der Waals surface area contributed by atoms with Gasteiger partial charge in [-0.25, -0.2) is 0 Å². The zero-order valence-electron chi connectivity index (χ0n) is 7.83. The van der Waals surface area contributed by atoms with Crippen molar-refractivity contribution in [3.63, 3.8) is 0 Å². The molecule has 2 aromatic rings. The number of halogens is 1. The predicted octanol–water partition coefficient (Wildman–Crippen LogP) is 2.67. The minimum atomic E-state index is -0.250. The molecule has 0 atom stereocenters. The van der Waals surface area contributed by atoms with Crippen LogP contribution in [0.15, 0.2) is 42.5 Å². The van der Waals surface area contributed by atoms with Crippen LogP contribution in [0.3, 0.4) is 0 Å². The molecule has 80 valence electrons. The fraction of sp³-hybridized carbons (Fsp3) is 0. The summed E-state index contributed by atoms with van der Waals surface area (Å²) >= 11 is 0.